The van der Waals surface area contributed by atoms with E-state index in [1.165, 1.54) is 5.56 Å². The monoisotopic (exact) mass is 445 g/mol. The number of amides is 2. The normalized spacial score (nSPS) is 10.4. The first-order valence-corrected chi connectivity index (χ1v) is 11.3. The summed E-state index contributed by atoms with van der Waals surface area (Å²) in [5, 5.41) is 8.94. The zero-order chi connectivity index (χ0) is 23.5. The summed E-state index contributed by atoms with van der Waals surface area (Å²) in [5.41, 5.74) is 4.34. The Morgan fingerprint density at radius 3 is 2.24 bits per heavy atom. The van der Waals surface area contributed by atoms with Crippen LogP contribution in [0.5, 0.6) is 5.75 Å². The molecule has 2 amide bonds. The maximum atomic E-state index is 12.6. The molecule has 0 fully saturated rings. The fraction of sp³-hybridized carbons (Fsp3) is 0.259. The van der Waals surface area contributed by atoms with Crippen molar-refractivity contribution in [3.05, 3.63) is 83.9 Å². The lowest BCUT2D eigenvalue weighted by Crippen LogP contribution is -2.22. The van der Waals surface area contributed by atoms with Crippen molar-refractivity contribution < 1.29 is 14.3 Å². The van der Waals surface area contributed by atoms with Crippen LogP contribution in [0.15, 0.2) is 72.8 Å². The van der Waals surface area contributed by atoms with Crippen LogP contribution in [0.3, 0.4) is 0 Å². The summed E-state index contributed by atoms with van der Waals surface area (Å²) < 4.78 is 5.93. The first-order valence-electron chi connectivity index (χ1n) is 11.3. The average molecular weight is 446 g/mol. The summed E-state index contributed by atoms with van der Waals surface area (Å²) >= 11 is 0. The highest BCUT2D eigenvalue weighted by Crippen LogP contribution is 2.25. The quantitative estimate of drug-likeness (QED) is 0.345. The van der Waals surface area contributed by atoms with Gasteiger partial charge in [0.2, 0.25) is 11.8 Å². The number of hydrogen-bond acceptors (Lipinski definition) is 4. The third-order valence-corrected chi connectivity index (χ3v) is 5.24. The molecular weight excluding hydrogens is 414 g/mol. The van der Waals surface area contributed by atoms with Gasteiger partial charge < -0.3 is 20.7 Å². The molecule has 0 saturated heterocycles. The van der Waals surface area contributed by atoms with Gasteiger partial charge in [-0.25, -0.2) is 0 Å². The molecule has 3 rings (SSSR count). The van der Waals surface area contributed by atoms with E-state index in [9.17, 15) is 9.59 Å². The molecular formula is C27H31N3O3. The minimum Gasteiger partial charge on any atom is -0.491 e. The first-order chi connectivity index (χ1) is 16.1. The van der Waals surface area contributed by atoms with Crippen molar-refractivity contribution in [2.75, 3.05) is 29.1 Å². The van der Waals surface area contributed by atoms with Crippen LogP contribution in [0.2, 0.25) is 0 Å². The number of benzene rings is 3. The predicted octanol–water partition coefficient (Wildman–Crippen LogP) is 5.41. The molecule has 33 heavy (non-hydrogen) atoms. The molecule has 0 unspecified atom stereocenters. The van der Waals surface area contributed by atoms with E-state index in [-0.39, 0.29) is 18.4 Å². The van der Waals surface area contributed by atoms with E-state index in [2.05, 4.69) is 28.1 Å². The summed E-state index contributed by atoms with van der Waals surface area (Å²) in [6.45, 7) is 4.37. The van der Waals surface area contributed by atoms with Crippen LogP contribution in [-0.4, -0.2) is 25.0 Å². The molecule has 0 saturated carbocycles. The lowest BCUT2D eigenvalue weighted by atomic mass is 10.1. The van der Waals surface area contributed by atoms with E-state index >= 15 is 0 Å². The summed E-state index contributed by atoms with van der Waals surface area (Å²) in [7, 11) is 0. The van der Waals surface area contributed by atoms with Gasteiger partial charge in [-0.3, -0.25) is 9.59 Å². The number of nitrogens with one attached hydrogen (secondary N) is 3. The molecule has 6 nitrogen and oxygen atoms in total. The van der Waals surface area contributed by atoms with E-state index in [1.807, 2.05) is 74.5 Å². The Morgan fingerprint density at radius 1 is 0.788 bits per heavy atom. The van der Waals surface area contributed by atoms with E-state index in [4.69, 9.17) is 4.74 Å². The average Bonchev–Trinajstić information content (AvgIpc) is 2.84. The Bertz CT molecular complexity index is 1070. The number of anilines is 3. The minimum atomic E-state index is -0.183. The number of aryl methyl sites for hydroxylation is 1. The van der Waals surface area contributed by atoms with Crippen molar-refractivity contribution in [3.8, 4) is 5.75 Å². The molecule has 0 atom stereocenters. The molecule has 0 bridgehead atoms. The third kappa shape index (κ3) is 7.38. The molecule has 6 heteroatoms. The lowest BCUT2D eigenvalue weighted by molar-refractivity contribution is -0.116. The molecule has 0 spiro atoms. The molecule has 3 aromatic carbocycles. The molecule has 0 radical (unpaired) electrons. The first kappa shape index (κ1) is 23.9. The Kier molecular flexibility index (Phi) is 8.88. The maximum Gasteiger partial charge on any atom is 0.243 e. The highest BCUT2D eigenvalue weighted by molar-refractivity contribution is 5.96. The maximum absolute atomic E-state index is 12.6. The van der Waals surface area contributed by atoms with Gasteiger partial charge in [0.15, 0.2) is 0 Å². The van der Waals surface area contributed by atoms with Crippen LogP contribution >= 0.6 is 0 Å². The number of hydrogen-bond donors (Lipinski definition) is 3. The Morgan fingerprint density at radius 2 is 1.45 bits per heavy atom. The van der Waals surface area contributed by atoms with E-state index < -0.39 is 0 Å². The van der Waals surface area contributed by atoms with Gasteiger partial charge in [-0.2, -0.15) is 0 Å². The number of carbonyl (C=O) groups is 2. The highest BCUT2D eigenvalue weighted by Gasteiger charge is 2.10. The zero-order valence-corrected chi connectivity index (χ0v) is 19.2. The summed E-state index contributed by atoms with van der Waals surface area (Å²) in [6, 6.07) is 23.3. The van der Waals surface area contributed by atoms with Crippen molar-refractivity contribution >= 4 is 28.9 Å². The second-order valence-electron chi connectivity index (χ2n) is 7.72. The predicted molar refractivity (Wildman–Crippen MR) is 134 cm³/mol. The summed E-state index contributed by atoms with van der Waals surface area (Å²) in [5.74, 6) is 0.422. The van der Waals surface area contributed by atoms with Crippen molar-refractivity contribution in [1.82, 2.24) is 0 Å². The lowest BCUT2D eigenvalue weighted by Gasteiger charge is -2.15. The third-order valence-electron chi connectivity index (χ3n) is 5.24. The van der Waals surface area contributed by atoms with Gasteiger partial charge in [0, 0.05) is 17.8 Å². The van der Waals surface area contributed by atoms with Gasteiger partial charge in [0.05, 0.1) is 18.8 Å². The number of carbonyl (C=O) groups excluding carboxylic acids is 2. The number of rotatable bonds is 11. The van der Waals surface area contributed by atoms with Gasteiger partial charge in [-0.05, 0) is 55.2 Å². The summed E-state index contributed by atoms with van der Waals surface area (Å²) in [6.07, 6.45) is 2.24. The Labute approximate surface area is 195 Å². The summed E-state index contributed by atoms with van der Waals surface area (Å²) in [4.78, 5) is 24.3. The molecule has 172 valence electrons. The van der Waals surface area contributed by atoms with Crippen LogP contribution in [0, 0.1) is 6.92 Å². The number of para-hydroxylation sites is 2. The molecule has 0 aromatic heterocycles. The van der Waals surface area contributed by atoms with Crippen LogP contribution < -0.4 is 20.7 Å². The highest BCUT2D eigenvalue weighted by atomic mass is 16.5. The van der Waals surface area contributed by atoms with Crippen LogP contribution in [0.4, 0.5) is 17.1 Å². The standard InChI is InChI=1S/C27H31N3O3/c1-3-26(31)29-23-16-9-15-22(20(23)2)28-19-27(32)30-24-14-7-8-17-25(24)33-18-10-13-21-11-5-4-6-12-21/h4-9,11-12,14-17,28H,3,10,13,18-19H2,1-2H3,(H,29,31)(H,30,32). The van der Waals surface area contributed by atoms with Crippen molar-refractivity contribution in [2.45, 2.75) is 33.1 Å². The molecule has 0 heterocycles. The van der Waals surface area contributed by atoms with Crippen LogP contribution in [-0.2, 0) is 16.0 Å². The Hall–Kier alpha value is -3.80. The molecule has 3 aromatic rings. The van der Waals surface area contributed by atoms with E-state index in [1.54, 1.807) is 0 Å². The van der Waals surface area contributed by atoms with E-state index in [0.717, 1.165) is 29.8 Å². The van der Waals surface area contributed by atoms with Crippen molar-refractivity contribution in [3.63, 3.8) is 0 Å². The van der Waals surface area contributed by atoms with Gasteiger partial charge in [-0.1, -0.05) is 55.5 Å². The molecule has 0 aliphatic heterocycles. The molecule has 0 aliphatic rings. The fourth-order valence-electron chi connectivity index (χ4n) is 3.37. The van der Waals surface area contributed by atoms with Crippen molar-refractivity contribution in [1.29, 1.82) is 0 Å². The minimum absolute atomic E-state index is 0.0478. The van der Waals surface area contributed by atoms with Crippen molar-refractivity contribution in [2.24, 2.45) is 0 Å². The van der Waals surface area contributed by atoms with Gasteiger partial charge >= 0.3 is 0 Å². The van der Waals surface area contributed by atoms with Crippen LogP contribution in [0.1, 0.15) is 30.9 Å². The SMILES string of the molecule is CCC(=O)Nc1cccc(NCC(=O)Nc2ccccc2OCCCc2ccccc2)c1C. The zero-order valence-electron chi connectivity index (χ0n) is 19.2. The largest absolute Gasteiger partial charge is 0.491 e. The number of ether oxygens (including phenoxy) is 1. The second-order valence-corrected chi connectivity index (χ2v) is 7.72. The van der Waals surface area contributed by atoms with Gasteiger partial charge in [0.1, 0.15) is 5.75 Å². The fourth-order valence-corrected chi connectivity index (χ4v) is 3.37. The van der Waals surface area contributed by atoms with E-state index in [0.29, 0.717) is 24.5 Å². The Balaban J connectivity index is 1.51. The molecule has 0 aliphatic carbocycles. The smallest absolute Gasteiger partial charge is 0.243 e. The molecule has 3 N–H and O–H groups in total. The van der Waals surface area contributed by atoms with Gasteiger partial charge in [-0.15, -0.1) is 0 Å². The topological polar surface area (TPSA) is 79.5 Å². The second kappa shape index (κ2) is 12.3. The van der Waals surface area contributed by atoms with Crippen LogP contribution in [0.25, 0.3) is 0 Å². The van der Waals surface area contributed by atoms with Gasteiger partial charge in [0.25, 0.3) is 0 Å².